The van der Waals surface area contributed by atoms with E-state index in [9.17, 15) is 4.79 Å². The van der Waals surface area contributed by atoms with Gasteiger partial charge in [0.25, 0.3) is 5.91 Å². The highest BCUT2D eigenvalue weighted by Crippen LogP contribution is 2.37. The van der Waals surface area contributed by atoms with Crippen LogP contribution in [0.1, 0.15) is 16.2 Å². The predicted molar refractivity (Wildman–Crippen MR) is 106 cm³/mol. The number of aryl methyl sites for hydroxylation is 1. The molecule has 26 heavy (non-hydrogen) atoms. The molecule has 6 nitrogen and oxygen atoms in total. The number of rotatable bonds is 3. The third-order valence-corrected chi connectivity index (χ3v) is 5.67. The van der Waals surface area contributed by atoms with Crippen LogP contribution in [-0.4, -0.2) is 20.7 Å². The minimum absolute atomic E-state index is 0.247. The van der Waals surface area contributed by atoms with Crippen molar-refractivity contribution >= 4 is 44.2 Å². The summed E-state index contributed by atoms with van der Waals surface area (Å²) in [5.41, 5.74) is 5.65. The lowest BCUT2D eigenvalue weighted by molar-refractivity contribution is 0.0949. The van der Waals surface area contributed by atoms with Crippen LogP contribution >= 0.6 is 27.3 Å². The number of pyridine rings is 1. The van der Waals surface area contributed by atoms with Crippen LogP contribution in [0.4, 0.5) is 0 Å². The molecule has 4 rings (SSSR count). The minimum atomic E-state index is -0.442. The van der Waals surface area contributed by atoms with Gasteiger partial charge in [-0.05, 0) is 53.2 Å². The van der Waals surface area contributed by atoms with Gasteiger partial charge in [0.2, 0.25) is 0 Å². The molecule has 1 aromatic carbocycles. The molecular weight excluding hydrogens is 414 g/mol. The van der Waals surface area contributed by atoms with E-state index in [4.69, 9.17) is 5.84 Å². The van der Waals surface area contributed by atoms with E-state index in [0.29, 0.717) is 5.65 Å². The normalized spacial score (nSPS) is 11.0. The van der Waals surface area contributed by atoms with Crippen LogP contribution in [-0.2, 0) is 0 Å². The van der Waals surface area contributed by atoms with E-state index < -0.39 is 5.91 Å². The molecule has 130 valence electrons. The average Bonchev–Trinajstić information content (AvgIpc) is 3.25. The summed E-state index contributed by atoms with van der Waals surface area (Å²) in [6, 6.07) is 15.5. The number of fused-ring (bicyclic) bond motifs is 1. The molecule has 1 amide bonds. The van der Waals surface area contributed by atoms with Crippen molar-refractivity contribution in [1.82, 2.24) is 20.2 Å². The molecule has 0 saturated heterocycles. The van der Waals surface area contributed by atoms with Gasteiger partial charge >= 0.3 is 0 Å². The molecule has 0 fully saturated rings. The fourth-order valence-electron chi connectivity index (χ4n) is 2.88. The Bertz CT molecular complexity index is 1120. The predicted octanol–water partition coefficient (Wildman–Crippen LogP) is 3.82. The third-order valence-electron chi connectivity index (χ3n) is 4.02. The molecule has 4 aromatic rings. The van der Waals surface area contributed by atoms with Gasteiger partial charge in [0.05, 0.1) is 20.6 Å². The van der Waals surface area contributed by atoms with Gasteiger partial charge < -0.3 is 0 Å². The summed E-state index contributed by atoms with van der Waals surface area (Å²) in [5.74, 6) is 4.89. The number of nitrogens with one attached hydrogen (secondary N) is 1. The molecule has 8 heteroatoms. The zero-order valence-electron chi connectivity index (χ0n) is 13.7. The largest absolute Gasteiger partial charge is 0.289 e. The first-order chi connectivity index (χ1) is 12.6. The van der Waals surface area contributed by atoms with Crippen molar-refractivity contribution in [1.29, 1.82) is 0 Å². The molecule has 0 aliphatic carbocycles. The highest BCUT2D eigenvalue weighted by atomic mass is 79.9. The summed E-state index contributed by atoms with van der Waals surface area (Å²) in [6.07, 6.45) is 0. The van der Waals surface area contributed by atoms with E-state index in [2.05, 4.69) is 31.4 Å². The van der Waals surface area contributed by atoms with Crippen molar-refractivity contribution in [2.24, 2.45) is 5.84 Å². The van der Waals surface area contributed by atoms with Crippen molar-refractivity contribution in [3.05, 3.63) is 63.7 Å². The van der Waals surface area contributed by atoms with Crippen molar-refractivity contribution in [3.8, 4) is 16.1 Å². The Labute approximate surface area is 161 Å². The van der Waals surface area contributed by atoms with Crippen molar-refractivity contribution in [2.75, 3.05) is 0 Å². The number of halogens is 1. The van der Waals surface area contributed by atoms with Crippen molar-refractivity contribution < 1.29 is 4.79 Å². The van der Waals surface area contributed by atoms with Gasteiger partial charge in [0.15, 0.2) is 5.65 Å². The van der Waals surface area contributed by atoms with E-state index in [-0.39, 0.29) is 5.69 Å². The molecule has 0 bridgehead atoms. The summed E-state index contributed by atoms with van der Waals surface area (Å²) in [4.78, 5) is 17.7. The molecule has 3 N–H and O–H groups in total. The summed E-state index contributed by atoms with van der Waals surface area (Å²) < 4.78 is 2.76. The number of para-hydroxylation sites is 1. The number of nitrogen functional groups attached to an aromatic ring is 1. The molecule has 0 radical (unpaired) electrons. The zero-order valence-corrected chi connectivity index (χ0v) is 16.1. The quantitative estimate of drug-likeness (QED) is 0.295. The number of hydrogen-bond donors (Lipinski definition) is 2. The number of nitrogens with two attached hydrogens (primary N) is 1. The summed E-state index contributed by atoms with van der Waals surface area (Å²) in [5, 5.41) is 5.58. The van der Waals surface area contributed by atoms with Gasteiger partial charge in [-0.2, -0.15) is 5.10 Å². The third kappa shape index (κ3) is 2.82. The lowest BCUT2D eigenvalue weighted by Crippen LogP contribution is -2.30. The number of benzene rings is 1. The number of nitrogens with zero attached hydrogens (tertiary/aromatic N) is 3. The fraction of sp³-hybridized carbons (Fsp3) is 0.0556. The first kappa shape index (κ1) is 16.9. The Morgan fingerprint density at radius 2 is 2.00 bits per heavy atom. The van der Waals surface area contributed by atoms with Gasteiger partial charge in [0.1, 0.15) is 5.69 Å². The summed E-state index contributed by atoms with van der Waals surface area (Å²) >= 11 is 5.08. The maximum atomic E-state index is 12.2. The van der Waals surface area contributed by atoms with Crippen LogP contribution in [0.3, 0.4) is 0 Å². The number of aromatic nitrogens is 3. The first-order valence-corrected chi connectivity index (χ1v) is 9.42. The minimum Gasteiger partial charge on any atom is -0.289 e. The Morgan fingerprint density at radius 1 is 1.23 bits per heavy atom. The Kier molecular flexibility index (Phi) is 4.31. The lowest BCUT2D eigenvalue weighted by atomic mass is 10.1. The van der Waals surface area contributed by atoms with Gasteiger partial charge in [0, 0.05) is 10.4 Å². The SMILES string of the molecule is Cc1nn(-c2ccccc2)c2nc(C(=O)NN)cc(-c3ccc(Br)s3)c12. The average molecular weight is 428 g/mol. The molecule has 3 heterocycles. The second-order valence-corrected chi connectivity index (χ2v) is 8.13. The number of hydrazine groups is 1. The van der Waals surface area contributed by atoms with Crippen LogP contribution in [0.5, 0.6) is 0 Å². The van der Waals surface area contributed by atoms with E-state index in [1.807, 2.05) is 49.4 Å². The van der Waals surface area contributed by atoms with Gasteiger partial charge in [-0.15, -0.1) is 11.3 Å². The summed E-state index contributed by atoms with van der Waals surface area (Å²) in [7, 11) is 0. The van der Waals surface area contributed by atoms with Crippen LogP contribution in [0.2, 0.25) is 0 Å². The van der Waals surface area contributed by atoms with Crippen LogP contribution in [0, 0.1) is 6.92 Å². The number of carbonyl (C=O) groups excluding carboxylic acids is 1. The van der Waals surface area contributed by atoms with E-state index in [1.54, 1.807) is 22.1 Å². The Morgan fingerprint density at radius 3 is 2.65 bits per heavy atom. The van der Waals surface area contributed by atoms with Crippen LogP contribution in [0.25, 0.3) is 27.2 Å². The summed E-state index contributed by atoms with van der Waals surface area (Å²) in [6.45, 7) is 1.94. The number of thiophene rings is 1. The van der Waals surface area contributed by atoms with Crippen LogP contribution < -0.4 is 11.3 Å². The standard InChI is InChI=1S/C18H14BrN5OS/c1-10-16-12(14-7-8-15(19)26-14)9-13(18(25)22-20)21-17(16)24(23-10)11-5-3-2-4-6-11/h2-9H,20H2,1H3,(H,22,25). The van der Waals surface area contributed by atoms with Gasteiger partial charge in [-0.25, -0.2) is 15.5 Å². The van der Waals surface area contributed by atoms with Crippen molar-refractivity contribution in [2.45, 2.75) is 6.92 Å². The second-order valence-electron chi connectivity index (χ2n) is 5.66. The Hall–Kier alpha value is -2.55. The van der Waals surface area contributed by atoms with Crippen LogP contribution in [0.15, 0.2) is 52.3 Å². The molecule has 0 aliphatic heterocycles. The van der Waals surface area contributed by atoms with E-state index >= 15 is 0 Å². The zero-order chi connectivity index (χ0) is 18.3. The molecule has 0 saturated carbocycles. The molecule has 0 atom stereocenters. The smallest absolute Gasteiger partial charge is 0.283 e. The highest BCUT2D eigenvalue weighted by Gasteiger charge is 2.20. The monoisotopic (exact) mass is 427 g/mol. The van der Waals surface area contributed by atoms with Gasteiger partial charge in [-0.3, -0.25) is 10.2 Å². The van der Waals surface area contributed by atoms with Gasteiger partial charge in [-0.1, -0.05) is 18.2 Å². The van der Waals surface area contributed by atoms with E-state index in [0.717, 1.165) is 31.0 Å². The topological polar surface area (TPSA) is 85.8 Å². The van der Waals surface area contributed by atoms with Crippen molar-refractivity contribution in [3.63, 3.8) is 0 Å². The number of carbonyl (C=O) groups is 1. The molecular formula is C18H14BrN5OS. The maximum absolute atomic E-state index is 12.2. The lowest BCUT2D eigenvalue weighted by Gasteiger charge is -2.07. The molecule has 0 aliphatic rings. The maximum Gasteiger partial charge on any atom is 0.283 e. The number of amides is 1. The first-order valence-electron chi connectivity index (χ1n) is 7.81. The molecule has 0 spiro atoms. The number of hydrogen-bond acceptors (Lipinski definition) is 5. The highest BCUT2D eigenvalue weighted by molar-refractivity contribution is 9.11. The molecule has 3 aromatic heterocycles. The second kappa shape index (κ2) is 6.64. The molecule has 0 unspecified atom stereocenters. The van der Waals surface area contributed by atoms with E-state index in [1.165, 1.54) is 0 Å². The Balaban J connectivity index is 2.07. The fourth-order valence-corrected chi connectivity index (χ4v) is 4.29.